The van der Waals surface area contributed by atoms with Gasteiger partial charge in [-0.3, -0.25) is 0 Å². The van der Waals surface area contributed by atoms with Gasteiger partial charge in [0.05, 0.1) is 0 Å². The van der Waals surface area contributed by atoms with E-state index in [-0.39, 0.29) is 0 Å². The van der Waals surface area contributed by atoms with E-state index in [0.717, 1.165) is 6.42 Å². The summed E-state index contributed by atoms with van der Waals surface area (Å²) in [5.74, 6) is 0. The molecule has 0 heterocycles. The van der Waals surface area contributed by atoms with Gasteiger partial charge in [-0.15, -0.1) is 0 Å². The van der Waals surface area contributed by atoms with Crippen LogP contribution >= 0.6 is 0 Å². The first-order chi connectivity index (χ1) is 7.35. The normalized spacial score (nSPS) is 12.0. The maximum absolute atomic E-state index is 2.27. The second-order valence-electron chi connectivity index (χ2n) is 3.73. The zero-order chi connectivity index (χ0) is 10.7. The van der Waals surface area contributed by atoms with Crippen LogP contribution in [0.25, 0.3) is 16.3 Å². The summed E-state index contributed by atoms with van der Waals surface area (Å²) in [7, 11) is 0. The summed E-state index contributed by atoms with van der Waals surface area (Å²) in [5.41, 5.74) is 2.76. The summed E-state index contributed by atoms with van der Waals surface area (Å²) in [5, 5.41) is 2.63. The monoisotopic (exact) mass is 196 g/mol. The molecule has 0 bridgehead atoms. The number of benzene rings is 2. The molecule has 0 radical (unpaired) electrons. The SMILES string of the molecule is C/C=C(\CC)c1ccc2ccccc2c1. The molecule has 2 aromatic rings. The van der Waals surface area contributed by atoms with Gasteiger partial charge in [-0.05, 0) is 41.3 Å². The van der Waals surface area contributed by atoms with Crippen molar-refractivity contribution in [2.45, 2.75) is 20.3 Å². The van der Waals surface area contributed by atoms with Gasteiger partial charge in [0.25, 0.3) is 0 Å². The van der Waals surface area contributed by atoms with Gasteiger partial charge in [-0.2, -0.15) is 0 Å². The fourth-order valence-corrected chi connectivity index (χ4v) is 1.96. The molecule has 0 aromatic heterocycles. The van der Waals surface area contributed by atoms with E-state index < -0.39 is 0 Å². The third-order valence-electron chi connectivity index (χ3n) is 2.85. The van der Waals surface area contributed by atoms with Gasteiger partial charge in [0.1, 0.15) is 0 Å². The van der Waals surface area contributed by atoms with Crippen LogP contribution in [0.15, 0.2) is 48.5 Å². The number of allylic oxidation sites excluding steroid dienone is 2. The zero-order valence-electron chi connectivity index (χ0n) is 9.33. The lowest BCUT2D eigenvalue weighted by molar-refractivity contribution is 1.23. The van der Waals surface area contributed by atoms with Gasteiger partial charge in [0.2, 0.25) is 0 Å². The van der Waals surface area contributed by atoms with Crippen molar-refractivity contribution in [3.63, 3.8) is 0 Å². The highest BCUT2D eigenvalue weighted by molar-refractivity contribution is 5.86. The van der Waals surface area contributed by atoms with Crippen LogP contribution in [0.3, 0.4) is 0 Å². The second-order valence-corrected chi connectivity index (χ2v) is 3.73. The van der Waals surface area contributed by atoms with Gasteiger partial charge in [0, 0.05) is 0 Å². The Morgan fingerprint density at radius 1 is 1.07 bits per heavy atom. The van der Waals surface area contributed by atoms with E-state index >= 15 is 0 Å². The summed E-state index contributed by atoms with van der Waals surface area (Å²) in [6.45, 7) is 4.30. The molecule has 0 amide bonds. The van der Waals surface area contributed by atoms with E-state index in [1.54, 1.807) is 0 Å². The quantitative estimate of drug-likeness (QED) is 0.655. The van der Waals surface area contributed by atoms with Crippen molar-refractivity contribution in [3.05, 3.63) is 54.1 Å². The Hall–Kier alpha value is -1.56. The topological polar surface area (TPSA) is 0 Å². The smallest absolute Gasteiger partial charge is 0.0178 e. The molecule has 0 nitrogen and oxygen atoms in total. The van der Waals surface area contributed by atoms with Crippen LogP contribution in [0.1, 0.15) is 25.8 Å². The fourth-order valence-electron chi connectivity index (χ4n) is 1.96. The Labute approximate surface area is 91.2 Å². The molecule has 0 fully saturated rings. The Morgan fingerprint density at radius 2 is 1.80 bits per heavy atom. The van der Waals surface area contributed by atoms with Gasteiger partial charge < -0.3 is 0 Å². The summed E-state index contributed by atoms with van der Waals surface area (Å²) in [6, 6.07) is 15.2. The molecule has 15 heavy (non-hydrogen) atoms. The van der Waals surface area contributed by atoms with Crippen molar-refractivity contribution in [1.29, 1.82) is 0 Å². The van der Waals surface area contributed by atoms with Gasteiger partial charge in [-0.1, -0.05) is 49.4 Å². The van der Waals surface area contributed by atoms with Crippen molar-refractivity contribution in [1.82, 2.24) is 0 Å². The lowest BCUT2D eigenvalue weighted by Crippen LogP contribution is -1.82. The second kappa shape index (κ2) is 4.31. The summed E-state index contributed by atoms with van der Waals surface area (Å²) >= 11 is 0. The molecule has 0 atom stereocenters. The third kappa shape index (κ3) is 1.94. The first kappa shape index (κ1) is 9.97. The molecule has 0 unspecified atom stereocenters. The standard InChI is InChI=1S/C15H16/c1-3-12(4-2)15-10-9-13-7-5-6-8-14(13)11-15/h3,5-11H,4H2,1-2H3/b12-3+. The van der Waals surface area contributed by atoms with Crippen molar-refractivity contribution in [3.8, 4) is 0 Å². The molecule has 0 aliphatic heterocycles. The van der Waals surface area contributed by atoms with E-state index in [1.807, 2.05) is 0 Å². The molecule has 0 saturated carbocycles. The highest BCUT2D eigenvalue weighted by Gasteiger charge is 1.99. The van der Waals surface area contributed by atoms with Crippen LogP contribution in [-0.4, -0.2) is 0 Å². The van der Waals surface area contributed by atoms with Crippen molar-refractivity contribution in [2.24, 2.45) is 0 Å². The zero-order valence-corrected chi connectivity index (χ0v) is 9.33. The first-order valence-corrected chi connectivity index (χ1v) is 5.49. The lowest BCUT2D eigenvalue weighted by Gasteiger charge is -2.05. The lowest BCUT2D eigenvalue weighted by atomic mass is 10.00. The summed E-state index contributed by atoms with van der Waals surface area (Å²) in [6.07, 6.45) is 3.29. The third-order valence-corrected chi connectivity index (χ3v) is 2.85. The minimum absolute atomic E-state index is 1.09. The summed E-state index contributed by atoms with van der Waals surface area (Å²) < 4.78 is 0. The Morgan fingerprint density at radius 3 is 2.47 bits per heavy atom. The highest BCUT2D eigenvalue weighted by atomic mass is 14.0. The predicted octanol–water partition coefficient (Wildman–Crippen LogP) is 4.65. The predicted molar refractivity (Wildman–Crippen MR) is 67.9 cm³/mol. The molecule has 0 saturated heterocycles. The Bertz CT molecular complexity index is 492. The van der Waals surface area contributed by atoms with E-state index in [4.69, 9.17) is 0 Å². The highest BCUT2D eigenvalue weighted by Crippen LogP contribution is 2.22. The van der Waals surface area contributed by atoms with Crippen molar-refractivity contribution >= 4 is 16.3 Å². The molecule has 2 rings (SSSR count). The van der Waals surface area contributed by atoms with Crippen LogP contribution < -0.4 is 0 Å². The molecule has 2 aromatic carbocycles. The molecule has 0 N–H and O–H groups in total. The Balaban J connectivity index is 2.56. The number of rotatable bonds is 2. The van der Waals surface area contributed by atoms with Crippen LogP contribution in [-0.2, 0) is 0 Å². The first-order valence-electron chi connectivity index (χ1n) is 5.49. The molecule has 0 spiro atoms. The van der Waals surface area contributed by atoms with Crippen LogP contribution in [0.2, 0.25) is 0 Å². The minimum Gasteiger partial charge on any atom is -0.0839 e. The van der Waals surface area contributed by atoms with Crippen molar-refractivity contribution < 1.29 is 0 Å². The van der Waals surface area contributed by atoms with Crippen LogP contribution in [0.4, 0.5) is 0 Å². The largest absolute Gasteiger partial charge is 0.0839 e. The van der Waals surface area contributed by atoms with Gasteiger partial charge in [0.15, 0.2) is 0 Å². The average Bonchev–Trinajstić information content (AvgIpc) is 2.30. The maximum Gasteiger partial charge on any atom is -0.0178 e. The number of fused-ring (bicyclic) bond motifs is 1. The minimum atomic E-state index is 1.09. The van der Waals surface area contributed by atoms with Crippen LogP contribution in [0.5, 0.6) is 0 Å². The molecule has 0 aliphatic rings. The molecular weight excluding hydrogens is 180 g/mol. The van der Waals surface area contributed by atoms with E-state index in [9.17, 15) is 0 Å². The fraction of sp³-hybridized carbons (Fsp3) is 0.200. The van der Waals surface area contributed by atoms with E-state index in [1.165, 1.54) is 21.9 Å². The average molecular weight is 196 g/mol. The number of hydrogen-bond acceptors (Lipinski definition) is 0. The summed E-state index contributed by atoms with van der Waals surface area (Å²) in [4.78, 5) is 0. The Kier molecular flexibility index (Phi) is 2.86. The molecular formula is C15H16. The van der Waals surface area contributed by atoms with Gasteiger partial charge >= 0.3 is 0 Å². The number of hydrogen-bond donors (Lipinski definition) is 0. The maximum atomic E-state index is 2.27. The van der Waals surface area contributed by atoms with E-state index in [2.05, 4.69) is 62.4 Å². The molecule has 76 valence electrons. The molecule has 0 heteroatoms. The van der Waals surface area contributed by atoms with Crippen LogP contribution in [0, 0.1) is 0 Å². The molecule has 0 aliphatic carbocycles. The van der Waals surface area contributed by atoms with Crippen molar-refractivity contribution in [2.75, 3.05) is 0 Å². The van der Waals surface area contributed by atoms with E-state index in [0.29, 0.717) is 0 Å². The van der Waals surface area contributed by atoms with Gasteiger partial charge in [-0.25, -0.2) is 0 Å².